The van der Waals surface area contributed by atoms with Gasteiger partial charge in [0.05, 0.1) is 0 Å². The van der Waals surface area contributed by atoms with Gasteiger partial charge < -0.3 is 4.74 Å². The van der Waals surface area contributed by atoms with E-state index in [1.54, 1.807) is 6.92 Å². The Morgan fingerprint density at radius 1 is 1.92 bits per heavy atom. The van der Waals surface area contributed by atoms with E-state index >= 15 is 0 Å². The lowest BCUT2D eigenvalue weighted by atomic mass is 10.7. The fourth-order valence-corrected chi connectivity index (χ4v) is 1.73. The second-order valence-electron chi connectivity index (χ2n) is 2.16. The van der Waals surface area contributed by atoms with Crippen LogP contribution in [-0.4, -0.2) is 22.5 Å². The normalized spacial score (nSPS) is 9.62. The first-order valence-corrected chi connectivity index (χ1v) is 4.72. The van der Waals surface area contributed by atoms with Crippen LogP contribution in [0.2, 0.25) is 0 Å². The second-order valence-corrected chi connectivity index (χ2v) is 3.99. The van der Waals surface area contributed by atoms with Crippen LogP contribution in [0.3, 0.4) is 0 Å². The van der Waals surface area contributed by atoms with Crippen molar-refractivity contribution < 1.29 is 9.53 Å². The molecule has 1 aromatic heterocycles. The Labute approximate surface area is 84.5 Å². The molecule has 70 valence electrons. The summed E-state index contributed by atoms with van der Waals surface area (Å²) in [6.07, 6.45) is 0.926. The van der Waals surface area contributed by atoms with Crippen molar-refractivity contribution in [3.63, 3.8) is 0 Å². The van der Waals surface area contributed by atoms with Gasteiger partial charge in [0.2, 0.25) is 0 Å². The summed E-state index contributed by atoms with van der Waals surface area (Å²) in [6, 6.07) is 0. The Balaban J connectivity index is 2.82. The topological polar surface area (TPSA) is 44.1 Å². The van der Waals surface area contributed by atoms with Crippen LogP contribution >= 0.6 is 23.6 Å². The molecule has 1 aromatic rings. The van der Waals surface area contributed by atoms with Gasteiger partial charge in [-0.05, 0) is 19.1 Å². The van der Waals surface area contributed by atoms with Crippen LogP contribution in [0.15, 0.2) is 12.7 Å². The van der Waals surface area contributed by atoms with Crippen molar-refractivity contribution in [1.82, 2.24) is 9.78 Å². The fourth-order valence-electron chi connectivity index (χ4n) is 0.678. The van der Waals surface area contributed by atoms with E-state index < -0.39 is 6.09 Å². The van der Waals surface area contributed by atoms with Crippen LogP contribution < -0.4 is 0 Å². The quantitative estimate of drug-likeness (QED) is 0.561. The summed E-state index contributed by atoms with van der Waals surface area (Å²) >= 11 is 6.16. The number of carbonyl (C=O) groups excluding carboxylic acids is 1. The molecule has 0 saturated carbocycles. The molecule has 0 unspecified atom stereocenters. The molecule has 0 aromatic carbocycles. The number of carbonyl (C=O) groups is 1. The van der Waals surface area contributed by atoms with E-state index in [2.05, 4.69) is 11.7 Å². The van der Waals surface area contributed by atoms with Crippen LogP contribution in [0, 0.1) is 10.9 Å². The minimum atomic E-state index is -0.561. The van der Waals surface area contributed by atoms with E-state index in [0.29, 0.717) is 3.95 Å². The molecule has 0 bridgehead atoms. The zero-order chi connectivity index (χ0) is 9.84. The Bertz CT molecular complexity index is 380. The van der Waals surface area contributed by atoms with Crippen molar-refractivity contribution in [3.05, 3.63) is 21.6 Å². The molecule has 0 radical (unpaired) electrons. The highest BCUT2D eigenvalue weighted by atomic mass is 32.1. The SMILES string of the molecule is C=CCOC(=O)n1nc(C)sc1=S. The third kappa shape index (κ3) is 2.46. The monoisotopic (exact) mass is 216 g/mol. The second kappa shape index (κ2) is 4.29. The first-order valence-electron chi connectivity index (χ1n) is 3.50. The number of nitrogens with zero attached hydrogens (tertiary/aromatic N) is 2. The maximum absolute atomic E-state index is 11.2. The largest absolute Gasteiger partial charge is 0.444 e. The highest BCUT2D eigenvalue weighted by Crippen LogP contribution is 2.06. The van der Waals surface area contributed by atoms with E-state index in [9.17, 15) is 4.79 Å². The van der Waals surface area contributed by atoms with Gasteiger partial charge in [-0.1, -0.05) is 24.0 Å². The minimum Gasteiger partial charge on any atom is -0.444 e. The van der Waals surface area contributed by atoms with E-state index in [-0.39, 0.29) is 6.61 Å². The molecular weight excluding hydrogens is 208 g/mol. The van der Waals surface area contributed by atoms with Crippen molar-refractivity contribution in [2.24, 2.45) is 0 Å². The zero-order valence-electron chi connectivity index (χ0n) is 7.02. The minimum absolute atomic E-state index is 0.164. The molecule has 0 amide bonds. The predicted octanol–water partition coefficient (Wildman–Crippen LogP) is 2.15. The number of ether oxygens (including phenoxy) is 1. The molecule has 0 aliphatic heterocycles. The van der Waals surface area contributed by atoms with Crippen molar-refractivity contribution in [2.75, 3.05) is 6.61 Å². The molecule has 1 rings (SSSR count). The van der Waals surface area contributed by atoms with Gasteiger partial charge in [0.25, 0.3) is 0 Å². The molecule has 0 saturated heterocycles. The average molecular weight is 216 g/mol. The van der Waals surface area contributed by atoms with Gasteiger partial charge in [-0.3, -0.25) is 0 Å². The van der Waals surface area contributed by atoms with E-state index in [4.69, 9.17) is 17.0 Å². The number of hydrogen-bond acceptors (Lipinski definition) is 5. The van der Waals surface area contributed by atoms with Crippen LogP contribution in [0.4, 0.5) is 4.79 Å². The van der Waals surface area contributed by atoms with E-state index in [1.807, 2.05) is 0 Å². The number of hydrogen-bond donors (Lipinski definition) is 0. The third-order valence-corrected chi connectivity index (χ3v) is 2.29. The number of aromatic nitrogens is 2. The van der Waals surface area contributed by atoms with Gasteiger partial charge in [-0.15, -0.1) is 4.68 Å². The first kappa shape index (κ1) is 10.1. The Kier molecular flexibility index (Phi) is 3.32. The maximum Gasteiger partial charge on any atom is 0.437 e. The molecule has 0 fully saturated rings. The van der Waals surface area contributed by atoms with Crippen molar-refractivity contribution in [2.45, 2.75) is 6.92 Å². The third-order valence-electron chi connectivity index (χ3n) is 1.15. The molecule has 6 heteroatoms. The molecular formula is C7H8N2O2S2. The Hall–Kier alpha value is -1.01. The summed E-state index contributed by atoms with van der Waals surface area (Å²) in [5, 5.41) is 4.62. The Morgan fingerprint density at radius 2 is 2.62 bits per heavy atom. The molecule has 0 aliphatic rings. The number of aryl methyl sites for hydroxylation is 1. The van der Waals surface area contributed by atoms with Gasteiger partial charge in [0.15, 0.2) is 3.95 Å². The smallest absolute Gasteiger partial charge is 0.437 e. The van der Waals surface area contributed by atoms with Crippen LogP contribution in [0.5, 0.6) is 0 Å². The summed E-state index contributed by atoms with van der Waals surface area (Å²) < 4.78 is 6.22. The van der Waals surface area contributed by atoms with Gasteiger partial charge in [0, 0.05) is 0 Å². The highest BCUT2D eigenvalue weighted by molar-refractivity contribution is 7.73. The highest BCUT2D eigenvalue weighted by Gasteiger charge is 2.09. The van der Waals surface area contributed by atoms with Gasteiger partial charge in [-0.25, -0.2) is 4.79 Å². The molecule has 4 nitrogen and oxygen atoms in total. The maximum atomic E-state index is 11.2. The Morgan fingerprint density at radius 3 is 3.08 bits per heavy atom. The van der Waals surface area contributed by atoms with Crippen molar-refractivity contribution in [3.8, 4) is 0 Å². The molecule has 0 aliphatic carbocycles. The lowest BCUT2D eigenvalue weighted by Gasteiger charge is -1.98. The lowest BCUT2D eigenvalue weighted by Crippen LogP contribution is -2.15. The number of rotatable bonds is 2. The zero-order valence-corrected chi connectivity index (χ0v) is 8.65. The molecule has 0 N–H and O–H groups in total. The molecule has 13 heavy (non-hydrogen) atoms. The first-order chi connectivity index (χ1) is 6.15. The van der Waals surface area contributed by atoms with Gasteiger partial charge in [-0.2, -0.15) is 5.10 Å². The average Bonchev–Trinajstić information content (AvgIpc) is 2.41. The van der Waals surface area contributed by atoms with Crippen LogP contribution in [0.1, 0.15) is 5.01 Å². The van der Waals surface area contributed by atoms with Gasteiger partial charge in [0.1, 0.15) is 11.6 Å². The van der Waals surface area contributed by atoms with Crippen LogP contribution in [-0.2, 0) is 4.74 Å². The molecule has 0 spiro atoms. The molecule has 0 atom stereocenters. The summed E-state index contributed by atoms with van der Waals surface area (Å²) in [5.74, 6) is 0. The van der Waals surface area contributed by atoms with E-state index in [0.717, 1.165) is 9.69 Å². The summed E-state index contributed by atoms with van der Waals surface area (Å²) in [7, 11) is 0. The summed E-state index contributed by atoms with van der Waals surface area (Å²) in [6.45, 7) is 5.36. The summed E-state index contributed by atoms with van der Waals surface area (Å²) in [4.78, 5) is 11.2. The molecule has 1 heterocycles. The van der Waals surface area contributed by atoms with Crippen LogP contribution in [0.25, 0.3) is 0 Å². The standard InChI is InChI=1S/C7H8N2O2S2/c1-3-4-11-6(10)9-7(12)13-5(2)8-9/h3H,1,4H2,2H3. The lowest BCUT2D eigenvalue weighted by molar-refractivity contribution is 0.156. The summed E-state index contributed by atoms with van der Waals surface area (Å²) in [5.41, 5.74) is 0. The van der Waals surface area contributed by atoms with Crippen molar-refractivity contribution >= 4 is 29.6 Å². The fraction of sp³-hybridized carbons (Fsp3) is 0.286. The van der Waals surface area contributed by atoms with Crippen molar-refractivity contribution in [1.29, 1.82) is 0 Å². The van der Waals surface area contributed by atoms with Gasteiger partial charge >= 0.3 is 6.09 Å². The predicted molar refractivity (Wildman–Crippen MR) is 52.6 cm³/mol. The van der Waals surface area contributed by atoms with E-state index in [1.165, 1.54) is 17.4 Å².